The Labute approximate surface area is 129 Å². The second-order valence-corrected chi connectivity index (χ2v) is 5.48. The molecule has 104 valence electrons. The molecule has 6 heteroatoms. The largest absolute Gasteiger partial charge is 0.486 e. The molecule has 0 aliphatic carbocycles. The number of hydrogen-bond acceptors (Lipinski definition) is 3. The predicted octanol–water partition coefficient (Wildman–Crippen LogP) is 3.36. The Kier molecular flexibility index (Phi) is 4.52. The molecule has 0 aromatic heterocycles. The van der Waals surface area contributed by atoms with Crippen LogP contribution in [0.2, 0.25) is 5.02 Å². The molecule has 0 atom stereocenters. The van der Waals surface area contributed by atoms with Crippen LogP contribution in [0.25, 0.3) is 0 Å². The van der Waals surface area contributed by atoms with E-state index >= 15 is 0 Å². The summed E-state index contributed by atoms with van der Waals surface area (Å²) < 4.78 is 6.58. The van der Waals surface area contributed by atoms with Crippen LogP contribution >= 0.6 is 27.5 Å². The molecule has 2 rings (SSSR count). The van der Waals surface area contributed by atoms with Crippen LogP contribution in [0, 0.1) is 0 Å². The van der Waals surface area contributed by atoms with E-state index in [4.69, 9.17) is 27.8 Å². The van der Waals surface area contributed by atoms with Crippen molar-refractivity contribution >= 4 is 39.1 Å². The molecule has 0 aliphatic heterocycles. The lowest BCUT2D eigenvalue weighted by Gasteiger charge is -2.12. The van der Waals surface area contributed by atoms with Gasteiger partial charge in [0, 0.05) is 10.2 Å². The number of carbonyl (C=O) groups is 1. The number of ether oxygens (including phenoxy) is 1. The maximum absolute atomic E-state index is 11.4. The molecular weight excluding hydrogens is 344 g/mol. The Morgan fingerprint density at radius 1 is 1.25 bits per heavy atom. The van der Waals surface area contributed by atoms with Gasteiger partial charge in [-0.1, -0.05) is 39.7 Å². The molecule has 2 aromatic carbocycles. The standard InChI is InChI=1S/C14H12BrClN2O2/c15-9-3-1-8(2-4-9)7-20-13-11(14(18)19)5-10(17)6-12(13)16/h1-6H,7,17H2,(H2,18,19). The van der Waals surface area contributed by atoms with Gasteiger partial charge in [0.05, 0.1) is 10.6 Å². The average Bonchev–Trinajstić information content (AvgIpc) is 2.38. The highest BCUT2D eigenvalue weighted by molar-refractivity contribution is 9.10. The molecule has 20 heavy (non-hydrogen) atoms. The molecule has 0 heterocycles. The average molecular weight is 356 g/mol. The second-order valence-electron chi connectivity index (χ2n) is 4.16. The number of halogens is 2. The minimum absolute atomic E-state index is 0.173. The summed E-state index contributed by atoms with van der Waals surface area (Å²) >= 11 is 9.40. The van der Waals surface area contributed by atoms with Crippen LogP contribution in [-0.2, 0) is 6.61 Å². The molecule has 4 N–H and O–H groups in total. The molecular formula is C14H12BrClN2O2. The first-order valence-corrected chi connectivity index (χ1v) is 6.90. The van der Waals surface area contributed by atoms with E-state index in [1.54, 1.807) is 0 Å². The number of nitrogen functional groups attached to an aromatic ring is 1. The van der Waals surface area contributed by atoms with Crippen molar-refractivity contribution in [3.8, 4) is 5.75 Å². The van der Waals surface area contributed by atoms with E-state index < -0.39 is 5.91 Å². The maximum Gasteiger partial charge on any atom is 0.252 e. The fraction of sp³-hybridized carbons (Fsp3) is 0.0714. The summed E-state index contributed by atoms with van der Waals surface area (Å²) in [5.41, 5.74) is 12.4. The van der Waals surface area contributed by atoms with Gasteiger partial charge in [0.15, 0.2) is 5.75 Å². The first-order chi connectivity index (χ1) is 9.47. The van der Waals surface area contributed by atoms with Gasteiger partial charge in [-0.3, -0.25) is 4.79 Å². The normalized spacial score (nSPS) is 10.3. The van der Waals surface area contributed by atoms with Gasteiger partial charge in [-0.2, -0.15) is 0 Å². The van der Waals surface area contributed by atoms with E-state index in [0.717, 1.165) is 10.0 Å². The minimum Gasteiger partial charge on any atom is -0.486 e. The monoisotopic (exact) mass is 354 g/mol. The van der Waals surface area contributed by atoms with E-state index in [1.807, 2.05) is 24.3 Å². The molecule has 0 aliphatic rings. The maximum atomic E-state index is 11.4. The van der Waals surface area contributed by atoms with Crippen LogP contribution in [0.1, 0.15) is 15.9 Å². The van der Waals surface area contributed by atoms with Crippen molar-refractivity contribution in [1.29, 1.82) is 0 Å². The van der Waals surface area contributed by atoms with E-state index in [1.165, 1.54) is 12.1 Å². The molecule has 1 amide bonds. The van der Waals surface area contributed by atoms with Crippen molar-refractivity contribution in [2.45, 2.75) is 6.61 Å². The van der Waals surface area contributed by atoms with Gasteiger partial charge in [-0.05, 0) is 29.8 Å². The number of primary amides is 1. The van der Waals surface area contributed by atoms with Crippen molar-refractivity contribution in [3.05, 3.63) is 57.0 Å². The minimum atomic E-state index is -0.634. The molecule has 0 spiro atoms. The second kappa shape index (κ2) is 6.15. The summed E-state index contributed by atoms with van der Waals surface area (Å²) in [6.07, 6.45) is 0. The van der Waals surface area contributed by atoms with Gasteiger partial charge in [0.25, 0.3) is 5.91 Å². The zero-order valence-electron chi connectivity index (χ0n) is 10.4. The number of amides is 1. The lowest BCUT2D eigenvalue weighted by molar-refractivity contribution is 0.0996. The number of nitrogens with two attached hydrogens (primary N) is 2. The van der Waals surface area contributed by atoms with Crippen molar-refractivity contribution in [1.82, 2.24) is 0 Å². The lowest BCUT2D eigenvalue weighted by atomic mass is 10.1. The fourth-order valence-corrected chi connectivity index (χ4v) is 2.23. The van der Waals surface area contributed by atoms with Crippen LogP contribution < -0.4 is 16.2 Å². The number of benzene rings is 2. The van der Waals surface area contributed by atoms with Crippen molar-refractivity contribution < 1.29 is 9.53 Å². The van der Waals surface area contributed by atoms with E-state index in [9.17, 15) is 4.79 Å². The third-order valence-electron chi connectivity index (χ3n) is 2.63. The smallest absolute Gasteiger partial charge is 0.252 e. The highest BCUT2D eigenvalue weighted by Gasteiger charge is 2.15. The Bertz CT molecular complexity index is 644. The molecule has 0 fully saturated rings. The molecule has 0 radical (unpaired) electrons. The predicted molar refractivity (Wildman–Crippen MR) is 82.9 cm³/mol. The van der Waals surface area contributed by atoms with Crippen molar-refractivity contribution in [2.24, 2.45) is 5.73 Å². The van der Waals surface area contributed by atoms with Gasteiger partial charge in [-0.15, -0.1) is 0 Å². The van der Waals surface area contributed by atoms with Gasteiger partial charge in [0.1, 0.15) is 6.61 Å². The topological polar surface area (TPSA) is 78.3 Å². The van der Waals surface area contributed by atoms with Crippen molar-refractivity contribution in [3.63, 3.8) is 0 Å². The Morgan fingerprint density at radius 3 is 2.50 bits per heavy atom. The van der Waals surface area contributed by atoms with Crippen LogP contribution in [0.15, 0.2) is 40.9 Å². The number of anilines is 1. The first kappa shape index (κ1) is 14.7. The van der Waals surface area contributed by atoms with Crippen LogP contribution in [0.5, 0.6) is 5.75 Å². The first-order valence-electron chi connectivity index (χ1n) is 5.73. The zero-order valence-corrected chi connectivity index (χ0v) is 12.7. The molecule has 4 nitrogen and oxygen atoms in total. The molecule has 0 saturated heterocycles. The third kappa shape index (κ3) is 3.43. The number of carbonyl (C=O) groups excluding carboxylic acids is 1. The zero-order chi connectivity index (χ0) is 14.7. The van der Waals surface area contributed by atoms with Gasteiger partial charge in [-0.25, -0.2) is 0 Å². The van der Waals surface area contributed by atoms with E-state index in [0.29, 0.717) is 5.69 Å². The summed E-state index contributed by atoms with van der Waals surface area (Å²) in [5.74, 6) is -0.388. The third-order valence-corrected chi connectivity index (χ3v) is 3.44. The Hall–Kier alpha value is -1.72. The SMILES string of the molecule is NC(=O)c1cc(N)cc(Cl)c1OCc1ccc(Br)cc1. The number of hydrogen-bond donors (Lipinski definition) is 2. The quantitative estimate of drug-likeness (QED) is 0.825. The molecule has 0 saturated carbocycles. The summed E-state index contributed by atoms with van der Waals surface area (Å²) in [6.45, 7) is 0.275. The van der Waals surface area contributed by atoms with Crippen LogP contribution in [0.3, 0.4) is 0 Å². The van der Waals surface area contributed by atoms with Gasteiger partial charge in [0.2, 0.25) is 0 Å². The Balaban J connectivity index is 2.24. The summed E-state index contributed by atoms with van der Waals surface area (Å²) in [5, 5.41) is 0.260. The Morgan fingerprint density at radius 2 is 1.90 bits per heavy atom. The summed E-state index contributed by atoms with van der Waals surface area (Å²) in [6, 6.07) is 10.6. The highest BCUT2D eigenvalue weighted by Crippen LogP contribution is 2.32. The summed E-state index contributed by atoms with van der Waals surface area (Å²) in [4.78, 5) is 11.4. The van der Waals surface area contributed by atoms with Crippen molar-refractivity contribution in [2.75, 3.05) is 5.73 Å². The molecule has 0 unspecified atom stereocenters. The van der Waals surface area contributed by atoms with Gasteiger partial charge >= 0.3 is 0 Å². The van der Waals surface area contributed by atoms with E-state index in [2.05, 4.69) is 15.9 Å². The molecule has 2 aromatic rings. The van der Waals surface area contributed by atoms with Gasteiger partial charge < -0.3 is 16.2 Å². The van der Waals surface area contributed by atoms with Crippen LogP contribution in [-0.4, -0.2) is 5.91 Å². The lowest BCUT2D eigenvalue weighted by Crippen LogP contribution is -2.14. The highest BCUT2D eigenvalue weighted by atomic mass is 79.9. The number of rotatable bonds is 4. The molecule has 0 bridgehead atoms. The van der Waals surface area contributed by atoms with Crippen LogP contribution in [0.4, 0.5) is 5.69 Å². The fourth-order valence-electron chi connectivity index (χ4n) is 1.68. The summed E-state index contributed by atoms with van der Waals surface area (Å²) in [7, 11) is 0. The van der Waals surface area contributed by atoms with E-state index in [-0.39, 0.29) is 22.9 Å².